The van der Waals surface area contributed by atoms with Crippen molar-refractivity contribution in [2.75, 3.05) is 11.9 Å². The highest BCUT2D eigenvalue weighted by Crippen LogP contribution is 2.28. The van der Waals surface area contributed by atoms with Gasteiger partial charge in [0.25, 0.3) is 5.91 Å². The van der Waals surface area contributed by atoms with E-state index in [1.54, 1.807) is 18.2 Å². The first-order valence-electron chi connectivity index (χ1n) is 8.56. The average Bonchev–Trinajstić information content (AvgIpc) is 3.30. The van der Waals surface area contributed by atoms with E-state index in [1.165, 1.54) is 24.3 Å². The number of nitrogens with one attached hydrogen (secondary N) is 2. The summed E-state index contributed by atoms with van der Waals surface area (Å²) in [5.41, 5.74) is 2.35. The summed E-state index contributed by atoms with van der Waals surface area (Å²) in [6, 6.07) is 11.0. The molecule has 1 unspecified atom stereocenters. The second-order valence-corrected chi connectivity index (χ2v) is 6.22. The number of nitrogens with zero attached hydrogens (tertiary/aromatic N) is 1. The fourth-order valence-corrected chi connectivity index (χ4v) is 3.07. The lowest BCUT2D eigenvalue weighted by Gasteiger charge is -2.08. The molecule has 0 spiro atoms. The van der Waals surface area contributed by atoms with Crippen LogP contribution in [0.15, 0.2) is 42.5 Å². The van der Waals surface area contributed by atoms with Crippen LogP contribution in [0, 0.1) is 0 Å². The predicted molar refractivity (Wildman–Crippen MR) is 95.0 cm³/mol. The van der Waals surface area contributed by atoms with Gasteiger partial charge in [-0.05, 0) is 49.2 Å². The van der Waals surface area contributed by atoms with Crippen molar-refractivity contribution in [3.8, 4) is 5.75 Å². The van der Waals surface area contributed by atoms with Gasteiger partial charge in [-0.2, -0.15) is 8.78 Å². The van der Waals surface area contributed by atoms with E-state index in [4.69, 9.17) is 4.74 Å². The lowest BCUT2D eigenvalue weighted by Crippen LogP contribution is -2.12. The van der Waals surface area contributed by atoms with E-state index < -0.39 is 12.5 Å². The lowest BCUT2D eigenvalue weighted by molar-refractivity contribution is -0.0498. The number of aromatic amines is 1. The highest BCUT2D eigenvalue weighted by molar-refractivity contribution is 6.05. The van der Waals surface area contributed by atoms with Gasteiger partial charge in [0.15, 0.2) is 0 Å². The molecule has 2 aromatic carbocycles. The van der Waals surface area contributed by atoms with Crippen LogP contribution < -0.4 is 10.1 Å². The van der Waals surface area contributed by atoms with Crippen molar-refractivity contribution in [3.05, 3.63) is 53.9 Å². The molecule has 2 heterocycles. The number of hydrogen-bond acceptors (Lipinski definition) is 4. The molecule has 1 aromatic heterocycles. The summed E-state index contributed by atoms with van der Waals surface area (Å²) in [6.07, 6.45) is 1.92. The van der Waals surface area contributed by atoms with Gasteiger partial charge in [-0.1, -0.05) is 6.07 Å². The molecule has 1 atom stereocenters. The summed E-state index contributed by atoms with van der Waals surface area (Å²) in [5.74, 6) is 0.290. The van der Waals surface area contributed by atoms with E-state index >= 15 is 0 Å². The van der Waals surface area contributed by atoms with Gasteiger partial charge in [0.2, 0.25) is 0 Å². The second kappa shape index (κ2) is 7.32. The Labute approximate surface area is 153 Å². The van der Waals surface area contributed by atoms with Crippen LogP contribution in [0.5, 0.6) is 5.75 Å². The van der Waals surface area contributed by atoms with E-state index in [0.29, 0.717) is 5.69 Å². The molecule has 1 saturated heterocycles. The Balaban J connectivity index is 1.51. The minimum atomic E-state index is -2.94. The smallest absolute Gasteiger partial charge is 0.387 e. The zero-order chi connectivity index (χ0) is 18.8. The highest BCUT2D eigenvalue weighted by atomic mass is 19.3. The first-order valence-corrected chi connectivity index (χ1v) is 8.56. The molecule has 0 aliphatic carbocycles. The van der Waals surface area contributed by atoms with Crippen molar-refractivity contribution in [1.29, 1.82) is 0 Å². The third-order valence-corrected chi connectivity index (χ3v) is 4.31. The van der Waals surface area contributed by atoms with Crippen molar-refractivity contribution >= 4 is 22.6 Å². The molecular weight excluding hydrogens is 356 g/mol. The number of amides is 1. The van der Waals surface area contributed by atoms with Crippen LogP contribution in [-0.2, 0) is 4.74 Å². The van der Waals surface area contributed by atoms with Gasteiger partial charge >= 0.3 is 6.61 Å². The average molecular weight is 373 g/mol. The molecule has 1 amide bonds. The van der Waals surface area contributed by atoms with Gasteiger partial charge < -0.3 is 19.8 Å². The molecule has 0 radical (unpaired) electrons. The molecule has 1 fully saturated rings. The number of hydrogen-bond donors (Lipinski definition) is 2. The number of H-pyrrole nitrogens is 1. The zero-order valence-electron chi connectivity index (χ0n) is 14.2. The molecular formula is C19H17F2N3O3. The molecule has 6 nitrogen and oxygen atoms in total. The third-order valence-electron chi connectivity index (χ3n) is 4.31. The SMILES string of the molecule is O=C(Nc1ccc2nc(C3CCCO3)[nH]c2c1)c1cccc(OC(F)F)c1. The largest absolute Gasteiger partial charge is 0.435 e. The molecule has 8 heteroatoms. The third kappa shape index (κ3) is 3.90. The van der Waals surface area contributed by atoms with Gasteiger partial charge in [0.05, 0.1) is 11.0 Å². The Bertz CT molecular complexity index is 968. The maximum atomic E-state index is 12.4. The number of ether oxygens (including phenoxy) is 2. The van der Waals surface area contributed by atoms with Gasteiger partial charge in [-0.3, -0.25) is 4.79 Å². The van der Waals surface area contributed by atoms with Crippen LogP contribution in [0.3, 0.4) is 0 Å². The number of rotatable bonds is 5. The fraction of sp³-hybridized carbons (Fsp3) is 0.263. The number of fused-ring (bicyclic) bond motifs is 1. The maximum absolute atomic E-state index is 12.4. The minimum Gasteiger partial charge on any atom is -0.435 e. The molecule has 27 heavy (non-hydrogen) atoms. The van der Waals surface area contributed by atoms with E-state index in [-0.39, 0.29) is 17.4 Å². The summed E-state index contributed by atoms with van der Waals surface area (Å²) in [4.78, 5) is 20.2. The monoisotopic (exact) mass is 373 g/mol. The summed E-state index contributed by atoms with van der Waals surface area (Å²) < 4.78 is 34.6. The van der Waals surface area contributed by atoms with Crippen LogP contribution in [0.2, 0.25) is 0 Å². The lowest BCUT2D eigenvalue weighted by atomic mass is 10.2. The number of halogens is 2. The number of alkyl halides is 2. The predicted octanol–water partition coefficient (Wildman–Crippen LogP) is 4.27. The molecule has 1 aliphatic rings. The van der Waals surface area contributed by atoms with E-state index in [1.807, 2.05) is 0 Å². The van der Waals surface area contributed by atoms with Crippen molar-refractivity contribution in [2.45, 2.75) is 25.6 Å². The Morgan fingerprint density at radius 3 is 2.96 bits per heavy atom. The summed E-state index contributed by atoms with van der Waals surface area (Å²) in [5, 5.41) is 2.75. The van der Waals surface area contributed by atoms with Crippen LogP contribution in [0.1, 0.15) is 35.1 Å². The molecule has 0 saturated carbocycles. The first kappa shape index (κ1) is 17.4. The number of carbonyl (C=O) groups excluding carboxylic acids is 1. The van der Waals surface area contributed by atoms with E-state index in [2.05, 4.69) is 20.0 Å². The minimum absolute atomic E-state index is 0.0204. The first-order chi connectivity index (χ1) is 13.1. The van der Waals surface area contributed by atoms with Crippen LogP contribution in [0.25, 0.3) is 11.0 Å². The second-order valence-electron chi connectivity index (χ2n) is 6.22. The van der Waals surface area contributed by atoms with Crippen molar-refractivity contribution < 1.29 is 23.0 Å². The Hall–Kier alpha value is -3.00. The van der Waals surface area contributed by atoms with Crippen molar-refractivity contribution in [3.63, 3.8) is 0 Å². The van der Waals surface area contributed by atoms with Gasteiger partial charge in [-0.25, -0.2) is 4.98 Å². The zero-order valence-corrected chi connectivity index (χ0v) is 14.2. The van der Waals surface area contributed by atoms with Gasteiger partial charge in [-0.15, -0.1) is 0 Å². The standard InChI is InChI=1S/C19H17F2N3O3/c20-19(21)27-13-4-1-3-11(9-13)18(25)22-12-6-7-14-15(10-12)24-17(23-14)16-5-2-8-26-16/h1,3-4,6-7,9-10,16,19H,2,5,8H2,(H,22,25)(H,23,24). The molecule has 0 bridgehead atoms. The van der Waals surface area contributed by atoms with Crippen molar-refractivity contribution in [1.82, 2.24) is 9.97 Å². The molecule has 1 aliphatic heterocycles. The Morgan fingerprint density at radius 1 is 1.30 bits per heavy atom. The van der Waals surface area contributed by atoms with Crippen LogP contribution in [-0.4, -0.2) is 29.1 Å². The van der Waals surface area contributed by atoms with E-state index in [0.717, 1.165) is 36.3 Å². The van der Waals surface area contributed by atoms with Crippen molar-refractivity contribution in [2.24, 2.45) is 0 Å². The summed E-state index contributed by atoms with van der Waals surface area (Å²) in [6.45, 7) is -2.21. The quantitative estimate of drug-likeness (QED) is 0.700. The highest BCUT2D eigenvalue weighted by Gasteiger charge is 2.21. The topological polar surface area (TPSA) is 76.2 Å². The maximum Gasteiger partial charge on any atom is 0.387 e. The molecule has 4 rings (SSSR count). The van der Waals surface area contributed by atoms with Crippen LogP contribution >= 0.6 is 0 Å². The van der Waals surface area contributed by atoms with Gasteiger partial charge in [0, 0.05) is 17.9 Å². The number of benzene rings is 2. The summed E-state index contributed by atoms with van der Waals surface area (Å²) >= 11 is 0. The number of imidazole rings is 1. The molecule has 140 valence electrons. The molecule has 2 N–H and O–H groups in total. The number of aromatic nitrogens is 2. The number of carbonyl (C=O) groups is 1. The van der Waals surface area contributed by atoms with Crippen LogP contribution in [0.4, 0.5) is 14.5 Å². The Morgan fingerprint density at radius 2 is 2.19 bits per heavy atom. The van der Waals surface area contributed by atoms with E-state index in [9.17, 15) is 13.6 Å². The molecule has 3 aromatic rings. The summed E-state index contributed by atoms with van der Waals surface area (Å²) in [7, 11) is 0. The normalized spacial score (nSPS) is 16.8. The van der Waals surface area contributed by atoms with Gasteiger partial charge in [0.1, 0.15) is 17.7 Å². The number of anilines is 1. The fourth-order valence-electron chi connectivity index (χ4n) is 3.07. The Kier molecular flexibility index (Phi) is 4.72.